The Morgan fingerprint density at radius 3 is 2.81 bits per heavy atom. The van der Waals surface area contributed by atoms with Crippen LogP contribution in [0.1, 0.15) is 28.7 Å². The third kappa shape index (κ3) is 3.68. The summed E-state index contributed by atoms with van der Waals surface area (Å²) in [4.78, 5) is 12.0. The molecule has 1 heterocycles. The lowest BCUT2D eigenvalue weighted by Crippen LogP contribution is -2.26. The van der Waals surface area contributed by atoms with Crippen molar-refractivity contribution in [2.75, 3.05) is 12.3 Å². The maximum Gasteiger partial charge on any atom is 0.273 e. The van der Waals surface area contributed by atoms with Crippen LogP contribution < -0.4 is 11.1 Å². The highest BCUT2D eigenvalue weighted by Gasteiger charge is 2.15. The van der Waals surface area contributed by atoms with Gasteiger partial charge >= 0.3 is 0 Å². The van der Waals surface area contributed by atoms with E-state index >= 15 is 0 Å². The molecule has 1 amide bonds. The summed E-state index contributed by atoms with van der Waals surface area (Å²) in [6.07, 6.45) is 1.30. The number of rotatable bonds is 5. The number of nitrogen functional groups attached to an aromatic ring is 1. The smallest absolute Gasteiger partial charge is 0.273 e. The molecular formula is C14H16Cl2N4O. The van der Waals surface area contributed by atoms with E-state index in [0.29, 0.717) is 35.1 Å². The van der Waals surface area contributed by atoms with Crippen LogP contribution in [0.2, 0.25) is 10.0 Å². The molecule has 112 valence electrons. The average molecular weight is 327 g/mol. The van der Waals surface area contributed by atoms with Crippen LogP contribution in [0.4, 0.5) is 5.69 Å². The molecule has 0 aliphatic carbocycles. The van der Waals surface area contributed by atoms with Gasteiger partial charge in [0.15, 0.2) is 5.69 Å². The number of hydrogen-bond donors (Lipinski definition) is 3. The number of hydrogen-bond acceptors (Lipinski definition) is 3. The monoisotopic (exact) mass is 326 g/mol. The van der Waals surface area contributed by atoms with Crippen molar-refractivity contribution >= 4 is 34.8 Å². The number of halogens is 2. The fourth-order valence-electron chi connectivity index (χ4n) is 1.95. The third-order valence-electron chi connectivity index (χ3n) is 3.15. The molecule has 2 rings (SSSR count). The normalized spacial score (nSPS) is 10.6. The number of carbonyl (C=O) groups is 1. The van der Waals surface area contributed by atoms with Crippen LogP contribution in [-0.2, 0) is 12.8 Å². The van der Waals surface area contributed by atoms with Crippen LogP contribution in [0.3, 0.4) is 0 Å². The molecule has 0 fully saturated rings. The van der Waals surface area contributed by atoms with Gasteiger partial charge in [-0.15, -0.1) is 0 Å². The van der Waals surface area contributed by atoms with E-state index in [4.69, 9.17) is 28.9 Å². The SMILES string of the molecule is CCc1[nH]nc(C(=O)NCCc2ccc(Cl)cc2Cl)c1N. The summed E-state index contributed by atoms with van der Waals surface area (Å²) in [6, 6.07) is 5.29. The van der Waals surface area contributed by atoms with Gasteiger partial charge in [-0.3, -0.25) is 9.89 Å². The van der Waals surface area contributed by atoms with Crippen LogP contribution in [0.5, 0.6) is 0 Å². The lowest BCUT2D eigenvalue weighted by molar-refractivity contribution is 0.0950. The second kappa shape index (κ2) is 6.83. The Morgan fingerprint density at radius 2 is 2.19 bits per heavy atom. The van der Waals surface area contributed by atoms with Crippen molar-refractivity contribution in [3.63, 3.8) is 0 Å². The molecule has 2 aromatic rings. The fraction of sp³-hybridized carbons (Fsp3) is 0.286. The second-order valence-corrected chi connectivity index (χ2v) is 5.40. The zero-order valence-electron chi connectivity index (χ0n) is 11.5. The van der Waals surface area contributed by atoms with Crippen molar-refractivity contribution in [1.29, 1.82) is 0 Å². The molecule has 0 aliphatic rings. The first-order valence-corrected chi connectivity index (χ1v) is 7.33. The molecule has 0 aliphatic heterocycles. The molecule has 1 aromatic carbocycles. The maximum atomic E-state index is 12.0. The Bertz CT molecular complexity index is 654. The minimum absolute atomic E-state index is 0.231. The number of aryl methyl sites for hydroxylation is 1. The van der Waals surface area contributed by atoms with E-state index in [9.17, 15) is 4.79 Å². The van der Waals surface area contributed by atoms with E-state index in [0.717, 1.165) is 11.3 Å². The molecule has 21 heavy (non-hydrogen) atoms. The highest BCUT2D eigenvalue weighted by atomic mass is 35.5. The van der Waals surface area contributed by atoms with E-state index in [1.807, 2.05) is 13.0 Å². The number of aromatic nitrogens is 2. The lowest BCUT2D eigenvalue weighted by Gasteiger charge is -2.06. The second-order valence-electron chi connectivity index (χ2n) is 4.56. The fourth-order valence-corrected chi connectivity index (χ4v) is 2.45. The number of anilines is 1. The number of nitrogens with zero attached hydrogens (tertiary/aromatic N) is 1. The van der Waals surface area contributed by atoms with Crippen LogP contribution in [0.25, 0.3) is 0 Å². The quantitative estimate of drug-likeness (QED) is 0.789. The van der Waals surface area contributed by atoms with Gasteiger partial charge in [0.25, 0.3) is 5.91 Å². The van der Waals surface area contributed by atoms with Gasteiger partial charge in [0, 0.05) is 16.6 Å². The van der Waals surface area contributed by atoms with Gasteiger partial charge in [0.1, 0.15) is 0 Å². The van der Waals surface area contributed by atoms with Crippen LogP contribution >= 0.6 is 23.2 Å². The molecule has 0 unspecified atom stereocenters. The molecule has 0 spiro atoms. The van der Waals surface area contributed by atoms with Crippen LogP contribution in [-0.4, -0.2) is 22.6 Å². The summed E-state index contributed by atoms with van der Waals surface area (Å²) in [5.41, 5.74) is 8.17. The topological polar surface area (TPSA) is 83.8 Å². The summed E-state index contributed by atoms with van der Waals surface area (Å²) < 4.78 is 0. The minimum atomic E-state index is -0.298. The van der Waals surface area contributed by atoms with Gasteiger partial charge in [-0.05, 0) is 30.5 Å². The van der Waals surface area contributed by atoms with Crippen LogP contribution in [0, 0.1) is 0 Å². The maximum absolute atomic E-state index is 12.0. The molecule has 5 nitrogen and oxygen atoms in total. The van der Waals surface area contributed by atoms with Gasteiger partial charge in [0.2, 0.25) is 0 Å². The van der Waals surface area contributed by atoms with Crippen molar-refractivity contribution in [3.8, 4) is 0 Å². The molecule has 0 bridgehead atoms. The predicted octanol–water partition coefficient (Wildman–Crippen LogP) is 2.83. The van der Waals surface area contributed by atoms with Gasteiger partial charge < -0.3 is 11.1 Å². The summed E-state index contributed by atoms with van der Waals surface area (Å²) in [6.45, 7) is 2.38. The molecule has 1 aromatic heterocycles. The average Bonchev–Trinajstić information content (AvgIpc) is 2.82. The molecule has 4 N–H and O–H groups in total. The number of aromatic amines is 1. The van der Waals surface area contributed by atoms with Gasteiger partial charge in [-0.1, -0.05) is 36.2 Å². The molecule has 7 heteroatoms. The highest BCUT2D eigenvalue weighted by molar-refractivity contribution is 6.35. The first kappa shape index (κ1) is 15.7. The van der Waals surface area contributed by atoms with Gasteiger partial charge in [-0.25, -0.2) is 0 Å². The van der Waals surface area contributed by atoms with E-state index in [1.165, 1.54) is 0 Å². The molecule has 0 atom stereocenters. The summed E-state index contributed by atoms with van der Waals surface area (Å²) in [5.74, 6) is -0.298. The Balaban J connectivity index is 1.93. The van der Waals surface area contributed by atoms with Crippen molar-refractivity contribution in [2.45, 2.75) is 19.8 Å². The van der Waals surface area contributed by atoms with Crippen molar-refractivity contribution < 1.29 is 4.79 Å². The largest absolute Gasteiger partial charge is 0.395 e. The number of nitrogens with two attached hydrogens (primary N) is 1. The standard InChI is InChI=1S/C14H16Cl2N4O/c1-2-11-12(17)13(20-19-11)14(21)18-6-5-8-3-4-9(15)7-10(8)16/h3-4,7H,2,5-6,17H2,1H3,(H,18,21)(H,19,20). The lowest BCUT2D eigenvalue weighted by atomic mass is 10.1. The van der Waals surface area contributed by atoms with E-state index in [1.54, 1.807) is 12.1 Å². The number of amides is 1. The zero-order chi connectivity index (χ0) is 15.4. The van der Waals surface area contributed by atoms with Crippen molar-refractivity contribution in [1.82, 2.24) is 15.5 Å². The number of benzene rings is 1. The van der Waals surface area contributed by atoms with Crippen LogP contribution in [0.15, 0.2) is 18.2 Å². The first-order chi connectivity index (χ1) is 10.0. The Kier molecular flexibility index (Phi) is 5.09. The van der Waals surface area contributed by atoms with E-state index in [-0.39, 0.29) is 11.6 Å². The molecule has 0 saturated heterocycles. The first-order valence-electron chi connectivity index (χ1n) is 6.57. The summed E-state index contributed by atoms with van der Waals surface area (Å²) in [5, 5.41) is 10.6. The number of H-pyrrole nitrogens is 1. The Hall–Kier alpha value is -1.72. The van der Waals surface area contributed by atoms with Gasteiger partial charge in [0.05, 0.1) is 11.4 Å². The zero-order valence-corrected chi connectivity index (χ0v) is 13.1. The van der Waals surface area contributed by atoms with E-state index in [2.05, 4.69) is 15.5 Å². The Morgan fingerprint density at radius 1 is 1.43 bits per heavy atom. The Labute approximate surface area is 132 Å². The van der Waals surface area contributed by atoms with Gasteiger partial charge in [-0.2, -0.15) is 5.10 Å². The molecule has 0 saturated carbocycles. The summed E-state index contributed by atoms with van der Waals surface area (Å²) in [7, 11) is 0. The minimum Gasteiger partial charge on any atom is -0.395 e. The van der Waals surface area contributed by atoms with E-state index < -0.39 is 0 Å². The van der Waals surface area contributed by atoms with Crippen molar-refractivity contribution in [3.05, 3.63) is 45.2 Å². The summed E-state index contributed by atoms with van der Waals surface area (Å²) >= 11 is 11.9. The third-order valence-corrected chi connectivity index (χ3v) is 3.73. The number of nitrogens with one attached hydrogen (secondary N) is 2. The molecule has 0 radical (unpaired) electrons. The molecular weight excluding hydrogens is 311 g/mol. The number of carbonyl (C=O) groups excluding carboxylic acids is 1. The van der Waals surface area contributed by atoms with Crippen molar-refractivity contribution in [2.24, 2.45) is 0 Å². The predicted molar refractivity (Wildman–Crippen MR) is 84.9 cm³/mol. The highest BCUT2D eigenvalue weighted by Crippen LogP contribution is 2.21.